The topological polar surface area (TPSA) is 78.5 Å². The summed E-state index contributed by atoms with van der Waals surface area (Å²) in [6.07, 6.45) is 0.625. The molecule has 1 atom stereocenters. The molecule has 126 valence electrons. The number of halogens is 1. The van der Waals surface area contributed by atoms with Crippen molar-refractivity contribution in [1.29, 1.82) is 0 Å². The first kappa shape index (κ1) is 15.7. The number of nitrogens with zero attached hydrogens (tertiary/aromatic N) is 1. The maximum atomic E-state index is 13.1. The number of carbonyl (C=O) groups excluding carboxylic acids is 3. The summed E-state index contributed by atoms with van der Waals surface area (Å²) in [4.78, 5) is 38.7. The van der Waals surface area contributed by atoms with E-state index in [2.05, 4.69) is 10.6 Å². The van der Waals surface area contributed by atoms with Crippen molar-refractivity contribution in [3.8, 4) is 0 Å². The molecule has 2 N–H and O–H groups in total. The number of imide groups is 1. The highest BCUT2D eigenvalue weighted by Gasteiger charge is 2.61. The largest absolute Gasteiger partial charge is 0.323 e. The van der Waals surface area contributed by atoms with Crippen LogP contribution < -0.4 is 15.5 Å². The molecule has 1 spiro atoms. The average molecular weight is 356 g/mol. The van der Waals surface area contributed by atoms with Crippen LogP contribution in [0.2, 0.25) is 5.02 Å². The van der Waals surface area contributed by atoms with E-state index >= 15 is 0 Å². The van der Waals surface area contributed by atoms with Crippen molar-refractivity contribution < 1.29 is 14.4 Å². The van der Waals surface area contributed by atoms with Crippen LogP contribution in [0.1, 0.15) is 11.1 Å². The number of amides is 4. The van der Waals surface area contributed by atoms with Crippen LogP contribution in [0.5, 0.6) is 0 Å². The van der Waals surface area contributed by atoms with Gasteiger partial charge < -0.3 is 10.2 Å². The van der Waals surface area contributed by atoms with Crippen molar-refractivity contribution in [1.82, 2.24) is 10.6 Å². The summed E-state index contributed by atoms with van der Waals surface area (Å²) in [5, 5.41) is 5.04. The van der Waals surface area contributed by atoms with Gasteiger partial charge in [0.1, 0.15) is 0 Å². The van der Waals surface area contributed by atoms with Gasteiger partial charge in [-0.2, -0.15) is 0 Å². The molecular weight excluding hydrogens is 342 g/mol. The Hall–Kier alpha value is -2.86. The maximum Gasteiger partial charge on any atom is 0.323 e. The average Bonchev–Trinajstić information content (AvgIpc) is 3.02. The van der Waals surface area contributed by atoms with Gasteiger partial charge in [0.05, 0.1) is 5.69 Å². The Kier molecular flexibility index (Phi) is 3.51. The van der Waals surface area contributed by atoms with Crippen LogP contribution in [0.15, 0.2) is 48.5 Å². The highest BCUT2D eigenvalue weighted by atomic mass is 35.5. The zero-order chi connectivity index (χ0) is 17.6. The number of carbonyl (C=O) groups is 3. The molecule has 1 saturated heterocycles. The second kappa shape index (κ2) is 5.60. The number of hydrogen-bond donors (Lipinski definition) is 2. The lowest BCUT2D eigenvalue weighted by atomic mass is 9.91. The van der Waals surface area contributed by atoms with E-state index in [1.54, 1.807) is 18.2 Å². The van der Waals surface area contributed by atoms with Crippen LogP contribution in [0.4, 0.5) is 10.5 Å². The van der Waals surface area contributed by atoms with Gasteiger partial charge in [0.25, 0.3) is 11.8 Å². The quantitative estimate of drug-likeness (QED) is 0.652. The van der Waals surface area contributed by atoms with E-state index in [-0.39, 0.29) is 0 Å². The number of rotatable bonds is 3. The lowest BCUT2D eigenvalue weighted by Crippen LogP contribution is -2.52. The minimum Gasteiger partial charge on any atom is -0.312 e. The van der Waals surface area contributed by atoms with Gasteiger partial charge in [0, 0.05) is 17.1 Å². The molecule has 0 bridgehead atoms. The van der Waals surface area contributed by atoms with E-state index in [1.807, 2.05) is 30.3 Å². The predicted molar refractivity (Wildman–Crippen MR) is 92.3 cm³/mol. The summed E-state index contributed by atoms with van der Waals surface area (Å²) in [6.45, 7) is 0.391. The lowest BCUT2D eigenvalue weighted by molar-refractivity contribution is -0.133. The number of hydrogen-bond acceptors (Lipinski definition) is 3. The summed E-state index contributed by atoms with van der Waals surface area (Å²) >= 11 is 6.06. The Labute approximate surface area is 148 Å². The number of nitrogens with one attached hydrogen (secondary N) is 2. The van der Waals surface area contributed by atoms with Crippen LogP contribution >= 0.6 is 11.6 Å². The monoisotopic (exact) mass is 355 g/mol. The Morgan fingerprint density at radius 3 is 2.48 bits per heavy atom. The SMILES string of the molecule is O=C1NC(=O)C2(N1)C(=O)N(CCc1ccccc1)c1ccc(Cl)cc12. The van der Waals surface area contributed by atoms with Gasteiger partial charge in [-0.25, -0.2) is 4.79 Å². The van der Waals surface area contributed by atoms with Crippen LogP contribution in [0, 0.1) is 0 Å². The molecule has 2 aromatic rings. The molecule has 4 rings (SSSR count). The van der Waals surface area contributed by atoms with Crippen molar-refractivity contribution in [2.45, 2.75) is 12.0 Å². The fourth-order valence-electron chi connectivity index (χ4n) is 3.37. The van der Waals surface area contributed by atoms with E-state index in [4.69, 9.17) is 11.6 Å². The van der Waals surface area contributed by atoms with Gasteiger partial charge in [0.15, 0.2) is 0 Å². The standard InChI is InChI=1S/C18H14ClN3O3/c19-12-6-7-14-13(10-12)18(15(23)20-17(25)21-18)16(24)22(14)9-8-11-4-2-1-3-5-11/h1-7,10H,8-9H2,(H2,20,21,23,25). The van der Waals surface area contributed by atoms with E-state index in [0.717, 1.165) is 5.56 Å². The fraction of sp³-hybridized carbons (Fsp3) is 0.167. The summed E-state index contributed by atoms with van der Waals surface area (Å²) in [5.74, 6) is -1.14. The zero-order valence-electron chi connectivity index (χ0n) is 13.1. The van der Waals surface area contributed by atoms with E-state index < -0.39 is 23.4 Å². The molecule has 2 heterocycles. The normalized spacial score (nSPS) is 21.5. The molecule has 7 heteroatoms. The minimum absolute atomic E-state index is 0.391. The van der Waals surface area contributed by atoms with Crippen molar-refractivity contribution in [2.75, 3.05) is 11.4 Å². The molecule has 4 amide bonds. The van der Waals surface area contributed by atoms with Crippen LogP contribution in [-0.2, 0) is 21.5 Å². The number of anilines is 1. The van der Waals surface area contributed by atoms with Crippen LogP contribution in [-0.4, -0.2) is 24.4 Å². The fourth-order valence-corrected chi connectivity index (χ4v) is 3.55. The number of urea groups is 1. The molecule has 0 radical (unpaired) electrons. The third kappa shape index (κ3) is 2.29. The first-order valence-electron chi connectivity index (χ1n) is 7.82. The van der Waals surface area contributed by atoms with Gasteiger partial charge >= 0.3 is 6.03 Å². The molecule has 0 saturated carbocycles. The first-order valence-corrected chi connectivity index (χ1v) is 8.20. The molecule has 2 aliphatic rings. The van der Waals surface area contributed by atoms with E-state index in [1.165, 1.54) is 4.90 Å². The summed E-state index contributed by atoms with van der Waals surface area (Å²) in [7, 11) is 0. The Bertz CT molecular complexity index is 900. The van der Waals surface area contributed by atoms with Gasteiger partial charge in [-0.15, -0.1) is 0 Å². The third-order valence-corrected chi connectivity index (χ3v) is 4.79. The first-order chi connectivity index (χ1) is 12.0. The maximum absolute atomic E-state index is 13.1. The van der Waals surface area contributed by atoms with Crippen molar-refractivity contribution in [3.05, 3.63) is 64.7 Å². The molecular formula is C18H14ClN3O3. The van der Waals surface area contributed by atoms with E-state index in [9.17, 15) is 14.4 Å². The van der Waals surface area contributed by atoms with Gasteiger partial charge in [-0.05, 0) is 30.2 Å². The lowest BCUT2D eigenvalue weighted by Gasteiger charge is -2.21. The number of benzene rings is 2. The molecule has 1 fully saturated rings. The Balaban J connectivity index is 1.74. The molecule has 2 aliphatic heterocycles. The van der Waals surface area contributed by atoms with Gasteiger partial charge in [0.2, 0.25) is 5.54 Å². The zero-order valence-corrected chi connectivity index (χ0v) is 13.8. The van der Waals surface area contributed by atoms with Gasteiger partial charge in [-0.1, -0.05) is 41.9 Å². The summed E-state index contributed by atoms with van der Waals surface area (Å²) in [6, 6.07) is 14.0. The minimum atomic E-state index is -1.73. The second-order valence-corrected chi connectivity index (χ2v) is 6.45. The van der Waals surface area contributed by atoms with E-state index in [0.29, 0.717) is 29.2 Å². The summed E-state index contributed by atoms with van der Waals surface area (Å²) in [5.41, 5.74) is 0.337. The summed E-state index contributed by atoms with van der Waals surface area (Å²) < 4.78 is 0. The Morgan fingerprint density at radius 2 is 1.80 bits per heavy atom. The number of fused-ring (bicyclic) bond motifs is 2. The Morgan fingerprint density at radius 1 is 1.04 bits per heavy atom. The second-order valence-electron chi connectivity index (χ2n) is 6.01. The molecule has 1 unspecified atom stereocenters. The smallest absolute Gasteiger partial charge is 0.312 e. The molecule has 0 aromatic heterocycles. The molecule has 25 heavy (non-hydrogen) atoms. The molecule has 2 aromatic carbocycles. The molecule has 0 aliphatic carbocycles. The van der Waals surface area contributed by atoms with Crippen LogP contribution in [0.3, 0.4) is 0 Å². The highest BCUT2D eigenvalue weighted by molar-refractivity contribution is 6.32. The van der Waals surface area contributed by atoms with Crippen molar-refractivity contribution >= 4 is 35.1 Å². The predicted octanol–water partition coefficient (Wildman–Crippen LogP) is 1.96. The third-order valence-electron chi connectivity index (χ3n) is 4.55. The van der Waals surface area contributed by atoms with Crippen molar-refractivity contribution in [2.24, 2.45) is 0 Å². The highest BCUT2D eigenvalue weighted by Crippen LogP contribution is 2.43. The van der Waals surface area contributed by atoms with Gasteiger partial charge in [-0.3, -0.25) is 14.9 Å². The van der Waals surface area contributed by atoms with Crippen LogP contribution in [0.25, 0.3) is 0 Å². The van der Waals surface area contributed by atoms with Crippen molar-refractivity contribution in [3.63, 3.8) is 0 Å². The molecule has 6 nitrogen and oxygen atoms in total.